The van der Waals surface area contributed by atoms with Crippen molar-refractivity contribution in [2.45, 2.75) is 83.1 Å². The van der Waals surface area contributed by atoms with Crippen molar-refractivity contribution in [3.05, 3.63) is 23.5 Å². The Labute approximate surface area is 181 Å². The van der Waals surface area contributed by atoms with Gasteiger partial charge in [0.05, 0.1) is 12.0 Å². The van der Waals surface area contributed by atoms with Crippen LogP contribution in [0.15, 0.2) is 12.5 Å². The molecule has 0 saturated carbocycles. The highest BCUT2D eigenvalue weighted by Gasteiger charge is 2.56. The molecule has 2 aromatic rings. The van der Waals surface area contributed by atoms with Crippen LogP contribution in [0.3, 0.4) is 0 Å². The number of fused-ring (bicyclic) bond motifs is 2. The average molecular weight is 458 g/mol. The predicted molar refractivity (Wildman–Crippen MR) is 113 cm³/mol. The standard InChI is InChI=1S/C20H29ClFN3O4Si/c1-19(2,3)30(6,7)26-9-12-14-15(29-20(4,5)28-14)18(27-12)25-8-11(22)13-16(21)23-10-24-17(13)25/h8,10,12,14-15,18H,9H2,1-7H3/t12-,14?,15+,18-/m1/s1. The summed E-state index contributed by atoms with van der Waals surface area (Å²) in [6.45, 7) is 15.1. The maximum absolute atomic E-state index is 14.6. The maximum Gasteiger partial charge on any atom is 0.192 e. The first-order chi connectivity index (χ1) is 13.8. The lowest BCUT2D eigenvalue weighted by Crippen LogP contribution is -2.44. The summed E-state index contributed by atoms with van der Waals surface area (Å²) in [6.07, 6.45) is 0.889. The molecule has 4 rings (SSSR count). The predicted octanol–water partition coefficient (Wildman–Crippen LogP) is 4.66. The summed E-state index contributed by atoms with van der Waals surface area (Å²) in [4.78, 5) is 8.11. The molecule has 0 aliphatic carbocycles. The monoisotopic (exact) mass is 457 g/mol. The van der Waals surface area contributed by atoms with Crippen molar-refractivity contribution in [1.29, 1.82) is 0 Å². The lowest BCUT2D eigenvalue weighted by atomic mass is 10.1. The highest BCUT2D eigenvalue weighted by molar-refractivity contribution is 6.74. The molecule has 0 spiro atoms. The molecule has 0 radical (unpaired) electrons. The van der Waals surface area contributed by atoms with Crippen molar-refractivity contribution >= 4 is 31.0 Å². The second-order valence-electron chi connectivity index (χ2n) is 9.95. The van der Waals surface area contributed by atoms with Crippen LogP contribution in [0.2, 0.25) is 23.3 Å². The van der Waals surface area contributed by atoms with Gasteiger partial charge in [-0.05, 0) is 32.0 Å². The molecule has 0 bridgehead atoms. The Morgan fingerprint density at radius 1 is 1.23 bits per heavy atom. The number of aromatic nitrogens is 3. The SMILES string of the molecule is CC1(C)OC2[C@@H](CO[Si](C)(C)C(C)(C)C)O[C@@H](n3cc(F)c4c(Cl)ncnc43)[C@H]2O1. The number of rotatable bonds is 4. The largest absolute Gasteiger partial charge is 0.414 e. The summed E-state index contributed by atoms with van der Waals surface area (Å²) in [5.74, 6) is -1.28. The minimum atomic E-state index is -1.98. The molecular formula is C20H29ClFN3O4Si. The molecule has 0 N–H and O–H groups in total. The van der Waals surface area contributed by atoms with Crippen LogP contribution < -0.4 is 0 Å². The number of hydrogen-bond donors (Lipinski definition) is 0. The first-order valence-corrected chi connectivity index (χ1v) is 13.4. The molecular weight excluding hydrogens is 429 g/mol. The molecule has 2 saturated heterocycles. The third-order valence-corrected chi connectivity index (χ3v) is 11.1. The first kappa shape index (κ1) is 22.1. The maximum atomic E-state index is 14.6. The number of ether oxygens (including phenoxy) is 3. The summed E-state index contributed by atoms with van der Waals surface area (Å²) in [6, 6.07) is 0. The smallest absolute Gasteiger partial charge is 0.192 e. The Bertz CT molecular complexity index is 961. The molecule has 1 unspecified atom stereocenters. The summed E-state index contributed by atoms with van der Waals surface area (Å²) in [5.41, 5.74) is 0.357. The van der Waals surface area contributed by atoms with Crippen molar-refractivity contribution in [3.63, 3.8) is 0 Å². The molecule has 2 aliphatic rings. The zero-order chi connectivity index (χ0) is 22.1. The van der Waals surface area contributed by atoms with Crippen LogP contribution in [0, 0.1) is 5.82 Å². The Hall–Kier alpha value is -1.10. The van der Waals surface area contributed by atoms with Crippen LogP contribution in [0.4, 0.5) is 4.39 Å². The van der Waals surface area contributed by atoms with Crippen molar-refractivity contribution in [3.8, 4) is 0 Å². The van der Waals surface area contributed by atoms with Crippen molar-refractivity contribution in [2.24, 2.45) is 0 Å². The Balaban J connectivity index is 1.65. The van der Waals surface area contributed by atoms with E-state index in [1.807, 2.05) is 13.8 Å². The second-order valence-corrected chi connectivity index (χ2v) is 15.1. The zero-order valence-corrected chi connectivity index (χ0v) is 20.2. The van der Waals surface area contributed by atoms with E-state index < -0.39 is 32.3 Å². The van der Waals surface area contributed by atoms with Gasteiger partial charge in [-0.25, -0.2) is 14.4 Å². The van der Waals surface area contributed by atoms with Gasteiger partial charge in [0, 0.05) is 6.20 Å². The van der Waals surface area contributed by atoms with E-state index in [0.29, 0.717) is 12.3 Å². The number of halogens is 2. The fraction of sp³-hybridized carbons (Fsp3) is 0.700. The summed E-state index contributed by atoms with van der Waals surface area (Å²) < 4.78 is 41.3. The molecule has 166 valence electrons. The normalized spacial score (nSPS) is 29.0. The number of hydrogen-bond acceptors (Lipinski definition) is 6. The van der Waals surface area contributed by atoms with E-state index in [0.717, 1.165) is 0 Å². The third kappa shape index (κ3) is 3.69. The molecule has 4 atom stereocenters. The van der Waals surface area contributed by atoms with Gasteiger partial charge in [-0.2, -0.15) is 0 Å². The highest BCUT2D eigenvalue weighted by Crippen LogP contribution is 2.45. The number of nitrogens with zero attached hydrogens (tertiary/aromatic N) is 3. The lowest BCUT2D eigenvalue weighted by Gasteiger charge is -2.37. The minimum Gasteiger partial charge on any atom is -0.414 e. The molecule has 0 aromatic carbocycles. The topological polar surface area (TPSA) is 67.6 Å². The second kappa shape index (κ2) is 7.21. The minimum absolute atomic E-state index is 0.0625. The van der Waals surface area contributed by atoms with Gasteiger partial charge in [0.15, 0.2) is 26.1 Å². The molecule has 0 amide bonds. The first-order valence-electron chi connectivity index (χ1n) is 10.1. The Kier molecular flexibility index (Phi) is 5.31. The van der Waals surface area contributed by atoms with Gasteiger partial charge in [0.25, 0.3) is 0 Å². The van der Waals surface area contributed by atoms with Crippen molar-refractivity contribution in [1.82, 2.24) is 14.5 Å². The molecule has 10 heteroatoms. The van der Waals surface area contributed by atoms with E-state index in [9.17, 15) is 4.39 Å². The summed E-state index contributed by atoms with van der Waals surface area (Å²) >= 11 is 6.09. The van der Waals surface area contributed by atoms with Crippen LogP contribution in [-0.2, 0) is 18.6 Å². The molecule has 2 fully saturated rings. The molecule has 2 aliphatic heterocycles. The Morgan fingerprint density at radius 3 is 2.57 bits per heavy atom. The van der Waals surface area contributed by atoms with Crippen LogP contribution in [0.1, 0.15) is 40.8 Å². The Morgan fingerprint density at radius 2 is 1.90 bits per heavy atom. The molecule has 2 aromatic heterocycles. The molecule has 7 nitrogen and oxygen atoms in total. The van der Waals surface area contributed by atoms with E-state index in [-0.39, 0.29) is 27.8 Å². The van der Waals surface area contributed by atoms with E-state index in [1.54, 1.807) is 4.57 Å². The summed E-state index contributed by atoms with van der Waals surface area (Å²) in [7, 11) is -1.98. The van der Waals surface area contributed by atoms with Gasteiger partial charge in [-0.15, -0.1) is 0 Å². The van der Waals surface area contributed by atoms with E-state index in [2.05, 4.69) is 43.8 Å². The van der Waals surface area contributed by atoms with E-state index in [4.69, 9.17) is 30.2 Å². The average Bonchev–Trinajstić information content (AvgIpc) is 3.21. The van der Waals surface area contributed by atoms with Gasteiger partial charge in [-0.3, -0.25) is 0 Å². The van der Waals surface area contributed by atoms with Crippen molar-refractivity contribution < 1.29 is 23.0 Å². The lowest BCUT2D eigenvalue weighted by molar-refractivity contribution is -0.199. The zero-order valence-electron chi connectivity index (χ0n) is 18.4. The van der Waals surface area contributed by atoms with Crippen LogP contribution in [-0.4, -0.2) is 53.6 Å². The molecule has 30 heavy (non-hydrogen) atoms. The quantitative estimate of drug-likeness (QED) is 0.491. The van der Waals surface area contributed by atoms with Gasteiger partial charge in [-0.1, -0.05) is 32.4 Å². The van der Waals surface area contributed by atoms with Crippen molar-refractivity contribution in [2.75, 3.05) is 6.61 Å². The van der Waals surface area contributed by atoms with Crippen LogP contribution >= 0.6 is 11.6 Å². The fourth-order valence-electron chi connectivity index (χ4n) is 3.72. The van der Waals surface area contributed by atoms with Crippen LogP contribution in [0.25, 0.3) is 11.0 Å². The van der Waals surface area contributed by atoms with E-state index in [1.165, 1.54) is 12.5 Å². The molecule has 4 heterocycles. The van der Waals surface area contributed by atoms with Gasteiger partial charge < -0.3 is 23.2 Å². The van der Waals surface area contributed by atoms with Crippen LogP contribution in [0.5, 0.6) is 0 Å². The highest BCUT2D eigenvalue weighted by atomic mass is 35.5. The van der Waals surface area contributed by atoms with Gasteiger partial charge in [0.2, 0.25) is 0 Å². The summed E-state index contributed by atoms with van der Waals surface area (Å²) in [5, 5.41) is 0.301. The van der Waals surface area contributed by atoms with E-state index >= 15 is 0 Å². The third-order valence-electron chi connectivity index (χ3n) is 6.33. The van der Waals surface area contributed by atoms with Gasteiger partial charge >= 0.3 is 0 Å². The van der Waals surface area contributed by atoms with Gasteiger partial charge in [0.1, 0.15) is 35.4 Å². The fourth-order valence-corrected chi connectivity index (χ4v) is 4.96.